The van der Waals surface area contributed by atoms with Gasteiger partial charge in [0.15, 0.2) is 5.78 Å². The first-order valence-electron chi connectivity index (χ1n) is 17.4. The van der Waals surface area contributed by atoms with E-state index in [1.165, 1.54) is 17.4 Å². The highest BCUT2D eigenvalue weighted by Crippen LogP contribution is 2.44. The monoisotopic (exact) mass is 718 g/mol. The van der Waals surface area contributed by atoms with Crippen LogP contribution in [0.2, 0.25) is 0 Å². The number of thiophene rings is 1. The van der Waals surface area contributed by atoms with Gasteiger partial charge in [-0.3, -0.25) is 14.4 Å². The number of ketones is 1. The summed E-state index contributed by atoms with van der Waals surface area (Å²) < 4.78 is 33.2. The zero-order chi connectivity index (χ0) is 36.0. The van der Waals surface area contributed by atoms with Crippen LogP contribution < -0.4 is 15.1 Å². The molecule has 5 heterocycles. The van der Waals surface area contributed by atoms with Crippen molar-refractivity contribution in [2.24, 2.45) is 5.41 Å². The van der Waals surface area contributed by atoms with Crippen LogP contribution in [0.1, 0.15) is 59.9 Å². The molecule has 0 aliphatic carbocycles. The van der Waals surface area contributed by atoms with Crippen molar-refractivity contribution in [2.75, 3.05) is 48.0 Å². The SMILES string of the molecule is Cc1cnc(N2CC3(CCOCC3)C2)c(C(=O)Nc2ccc(C(=O)N3CCc4cc(C(=O)Cc5ccc(F)cc5F)sc4-c4ccccc43)cc2)c1. The van der Waals surface area contributed by atoms with E-state index in [2.05, 4.69) is 15.2 Å². The fourth-order valence-corrected chi connectivity index (χ4v) is 8.62. The number of para-hydroxylation sites is 1. The Morgan fingerprint density at radius 2 is 1.73 bits per heavy atom. The number of fused-ring (bicyclic) bond motifs is 3. The van der Waals surface area contributed by atoms with Crippen LogP contribution in [0.4, 0.5) is 26.0 Å². The van der Waals surface area contributed by atoms with E-state index in [9.17, 15) is 23.2 Å². The number of nitrogens with zero attached hydrogens (tertiary/aromatic N) is 3. The lowest BCUT2D eigenvalue weighted by Crippen LogP contribution is -2.59. The number of hydrogen-bond acceptors (Lipinski definition) is 7. The Morgan fingerprint density at radius 1 is 0.962 bits per heavy atom. The molecule has 8 rings (SSSR count). The van der Waals surface area contributed by atoms with Crippen molar-refractivity contribution in [3.05, 3.63) is 129 Å². The first-order valence-corrected chi connectivity index (χ1v) is 18.2. The van der Waals surface area contributed by atoms with E-state index in [0.29, 0.717) is 40.5 Å². The van der Waals surface area contributed by atoms with E-state index >= 15 is 0 Å². The second-order valence-corrected chi connectivity index (χ2v) is 15.0. The van der Waals surface area contributed by atoms with Gasteiger partial charge in [-0.2, -0.15) is 0 Å². The lowest BCUT2D eigenvalue weighted by molar-refractivity contribution is -0.000511. The lowest BCUT2D eigenvalue weighted by Gasteiger charge is -2.53. The standard InChI is InChI=1S/C41H36F2N4O4S/c1-25-18-32(38(44-22-25)46-23-41(24-46)13-16-51-17-14-41)39(49)45-30-10-7-26(8-11-30)40(50)47-15-12-28-20-36(52-37(28)31-4-2-3-5-34(31)47)35(48)19-27-6-9-29(42)21-33(27)43/h2-11,18,20-22H,12-17,19,23-24H2,1H3,(H,45,49). The Bertz CT molecular complexity index is 2200. The molecule has 5 aromatic rings. The number of benzene rings is 3. The number of carbonyl (C=O) groups excluding carboxylic acids is 3. The molecule has 0 radical (unpaired) electrons. The third kappa shape index (κ3) is 6.50. The molecule has 1 spiro atoms. The molecule has 2 saturated heterocycles. The largest absolute Gasteiger partial charge is 0.381 e. The van der Waals surface area contributed by atoms with Crippen molar-refractivity contribution in [2.45, 2.75) is 32.6 Å². The van der Waals surface area contributed by atoms with Gasteiger partial charge in [0.05, 0.1) is 16.1 Å². The maximum atomic E-state index is 14.3. The van der Waals surface area contributed by atoms with Crippen molar-refractivity contribution in [3.63, 3.8) is 0 Å². The van der Waals surface area contributed by atoms with E-state index in [1.54, 1.807) is 35.4 Å². The predicted octanol–water partition coefficient (Wildman–Crippen LogP) is 7.89. The zero-order valence-electron chi connectivity index (χ0n) is 28.6. The average molecular weight is 719 g/mol. The molecular weight excluding hydrogens is 683 g/mol. The Morgan fingerprint density at radius 3 is 2.50 bits per heavy atom. The fraction of sp³-hybridized carbons (Fsp3) is 0.268. The summed E-state index contributed by atoms with van der Waals surface area (Å²) in [4.78, 5) is 50.7. The number of aromatic nitrogens is 1. The average Bonchev–Trinajstić information content (AvgIpc) is 3.50. The van der Waals surface area contributed by atoms with Crippen LogP contribution in [0, 0.1) is 24.0 Å². The molecule has 264 valence electrons. The molecule has 0 atom stereocenters. The molecule has 0 bridgehead atoms. The highest BCUT2D eigenvalue weighted by atomic mass is 32.1. The number of anilines is 3. The van der Waals surface area contributed by atoms with E-state index in [4.69, 9.17) is 4.74 Å². The van der Waals surface area contributed by atoms with Crippen LogP contribution >= 0.6 is 11.3 Å². The third-order valence-corrected chi connectivity index (χ3v) is 11.5. The Balaban J connectivity index is 0.972. The molecule has 8 nitrogen and oxygen atoms in total. The number of amides is 2. The summed E-state index contributed by atoms with van der Waals surface area (Å²) in [6, 6.07) is 21.4. The van der Waals surface area contributed by atoms with Gasteiger partial charge in [-0.05, 0) is 91.4 Å². The molecule has 0 unspecified atom stereocenters. The van der Waals surface area contributed by atoms with Crippen LogP contribution in [-0.4, -0.2) is 55.4 Å². The molecule has 0 saturated carbocycles. The van der Waals surface area contributed by atoms with Gasteiger partial charge in [0.2, 0.25) is 0 Å². The molecule has 11 heteroatoms. The molecule has 2 aromatic heterocycles. The molecule has 2 fully saturated rings. The minimum absolute atomic E-state index is 0.143. The van der Waals surface area contributed by atoms with E-state index in [1.807, 2.05) is 43.3 Å². The smallest absolute Gasteiger partial charge is 0.259 e. The second kappa shape index (κ2) is 13.7. The number of nitrogens with one attached hydrogen (secondary N) is 1. The fourth-order valence-electron chi connectivity index (χ4n) is 7.43. The number of rotatable bonds is 7. The molecule has 3 aromatic carbocycles. The van der Waals surface area contributed by atoms with Crippen LogP contribution in [0.5, 0.6) is 0 Å². The molecule has 3 aliphatic heterocycles. The molecular formula is C41H36F2N4O4S. The Labute approximate surface area is 304 Å². The van der Waals surface area contributed by atoms with Crippen molar-refractivity contribution in [1.82, 2.24) is 4.98 Å². The quantitative estimate of drug-likeness (QED) is 0.172. The van der Waals surface area contributed by atoms with Crippen molar-refractivity contribution < 1.29 is 27.9 Å². The summed E-state index contributed by atoms with van der Waals surface area (Å²) in [6.07, 6.45) is 4.17. The van der Waals surface area contributed by atoms with Crippen LogP contribution in [0.15, 0.2) is 85.1 Å². The van der Waals surface area contributed by atoms with E-state index in [0.717, 1.165) is 78.5 Å². The number of ether oxygens (including phenoxy) is 1. The number of pyridine rings is 1. The molecule has 1 N–H and O–H groups in total. The summed E-state index contributed by atoms with van der Waals surface area (Å²) in [5.74, 6) is -1.45. The van der Waals surface area contributed by atoms with Gasteiger partial charge in [-0.15, -0.1) is 11.3 Å². The van der Waals surface area contributed by atoms with E-state index < -0.39 is 11.6 Å². The van der Waals surface area contributed by atoms with Gasteiger partial charge in [0.25, 0.3) is 11.8 Å². The summed E-state index contributed by atoms with van der Waals surface area (Å²) in [5.41, 5.74) is 5.31. The summed E-state index contributed by atoms with van der Waals surface area (Å²) in [6.45, 7) is 5.56. The molecule has 3 aliphatic rings. The maximum absolute atomic E-state index is 14.3. The normalized spacial score (nSPS) is 16.1. The van der Waals surface area contributed by atoms with Gasteiger partial charge in [-0.25, -0.2) is 13.8 Å². The number of Topliss-reactive ketones (excluding diaryl/α,β-unsaturated/α-hetero) is 1. The Hall–Kier alpha value is -5.26. The summed E-state index contributed by atoms with van der Waals surface area (Å²) in [7, 11) is 0. The van der Waals surface area contributed by atoms with Crippen LogP contribution in [0.25, 0.3) is 10.4 Å². The highest BCUT2D eigenvalue weighted by Gasteiger charge is 2.45. The predicted molar refractivity (Wildman–Crippen MR) is 198 cm³/mol. The molecule has 2 amide bonds. The first kappa shape index (κ1) is 33.9. The lowest BCUT2D eigenvalue weighted by atomic mass is 9.73. The van der Waals surface area contributed by atoms with Crippen molar-refractivity contribution in [1.29, 1.82) is 0 Å². The van der Waals surface area contributed by atoms with Gasteiger partial charge < -0.3 is 19.9 Å². The van der Waals surface area contributed by atoms with Gasteiger partial charge in [0.1, 0.15) is 17.5 Å². The number of halogens is 2. The summed E-state index contributed by atoms with van der Waals surface area (Å²) in [5, 5.41) is 3.00. The number of hydrogen-bond donors (Lipinski definition) is 1. The highest BCUT2D eigenvalue weighted by molar-refractivity contribution is 7.17. The van der Waals surface area contributed by atoms with E-state index in [-0.39, 0.29) is 35.0 Å². The minimum atomic E-state index is -0.745. The van der Waals surface area contributed by atoms with Gasteiger partial charge >= 0.3 is 0 Å². The topological polar surface area (TPSA) is 91.8 Å². The van der Waals surface area contributed by atoms with Crippen LogP contribution in [0.3, 0.4) is 0 Å². The minimum Gasteiger partial charge on any atom is -0.381 e. The molecule has 52 heavy (non-hydrogen) atoms. The maximum Gasteiger partial charge on any atom is 0.259 e. The first-order chi connectivity index (χ1) is 25.2. The van der Waals surface area contributed by atoms with Crippen molar-refractivity contribution >= 4 is 46.1 Å². The van der Waals surface area contributed by atoms with Crippen molar-refractivity contribution in [3.8, 4) is 10.4 Å². The third-order valence-electron chi connectivity index (χ3n) is 10.3. The number of aryl methyl sites for hydroxylation is 1. The Kier molecular flexibility index (Phi) is 8.92. The van der Waals surface area contributed by atoms with Gasteiger partial charge in [-0.1, -0.05) is 24.3 Å². The number of carbonyl (C=O) groups is 3. The summed E-state index contributed by atoms with van der Waals surface area (Å²) >= 11 is 1.32. The van der Waals surface area contributed by atoms with Crippen LogP contribution in [-0.2, 0) is 17.6 Å². The van der Waals surface area contributed by atoms with Gasteiger partial charge in [0, 0.05) is 78.6 Å². The zero-order valence-corrected chi connectivity index (χ0v) is 29.4. The second-order valence-electron chi connectivity index (χ2n) is 13.9.